The zero-order valence-electron chi connectivity index (χ0n) is 17.3. The molecule has 0 amide bonds. The third-order valence-electron chi connectivity index (χ3n) is 5.15. The van der Waals surface area contributed by atoms with Crippen LogP contribution >= 0.6 is 0 Å². The van der Waals surface area contributed by atoms with Crippen LogP contribution in [0.2, 0.25) is 0 Å². The second kappa shape index (κ2) is 13.3. The molecule has 1 N–H and O–H groups in total. The molecule has 1 fully saturated rings. The Morgan fingerprint density at radius 2 is 2.07 bits per heavy atom. The Bertz CT molecular complexity index is 578. The Hall–Kier alpha value is -1.95. The molecule has 1 saturated carbocycles. The van der Waals surface area contributed by atoms with Crippen molar-refractivity contribution in [3.63, 3.8) is 0 Å². The first-order valence-corrected chi connectivity index (χ1v) is 10.1. The van der Waals surface area contributed by atoms with Crippen molar-refractivity contribution in [3.8, 4) is 0 Å². The quantitative estimate of drug-likeness (QED) is 0.165. The number of aliphatic carboxylic acids is 1. The molecule has 0 spiro atoms. The van der Waals surface area contributed by atoms with Crippen molar-refractivity contribution in [2.24, 2.45) is 17.8 Å². The predicted molar refractivity (Wildman–Crippen MR) is 107 cm³/mol. The largest absolute Gasteiger partial charge is 0.475 e. The van der Waals surface area contributed by atoms with E-state index in [4.69, 9.17) is 9.84 Å². The summed E-state index contributed by atoms with van der Waals surface area (Å²) < 4.78 is 9.77. The summed E-state index contributed by atoms with van der Waals surface area (Å²) >= 11 is 0. The molecule has 0 saturated heterocycles. The molecule has 1 unspecified atom stereocenters. The third kappa shape index (κ3) is 9.31. The van der Waals surface area contributed by atoms with E-state index >= 15 is 0 Å². The molecular formula is C22H34O6. The zero-order chi connectivity index (χ0) is 20.9. The van der Waals surface area contributed by atoms with Crippen LogP contribution in [0.1, 0.15) is 65.2 Å². The van der Waals surface area contributed by atoms with E-state index in [1.807, 2.05) is 0 Å². The first-order valence-electron chi connectivity index (χ1n) is 10.1. The van der Waals surface area contributed by atoms with Crippen LogP contribution in [0.3, 0.4) is 0 Å². The molecule has 1 aliphatic rings. The maximum atomic E-state index is 12.2. The standard InChI is InChI=1S/C22H34O6/c1-16(14-15-27-3)8-7-9-18-12-13-20(24)19(18)10-5-4-6-11-21(22(25)26)28-17(2)23/h7,9,11,16,18-19H,4-6,8,10,12-15H2,1-3H3,(H,25,26)/b9-7+,21-11-/t16?,18-,19+/m0/s1. The number of allylic oxidation sites excluding steroid dienone is 3. The molecule has 0 aromatic carbocycles. The molecule has 6 nitrogen and oxygen atoms in total. The maximum absolute atomic E-state index is 12.2. The Morgan fingerprint density at radius 3 is 2.71 bits per heavy atom. The van der Waals surface area contributed by atoms with Gasteiger partial charge in [-0.3, -0.25) is 9.59 Å². The molecule has 0 aromatic heterocycles. The van der Waals surface area contributed by atoms with Crippen LogP contribution in [-0.2, 0) is 23.9 Å². The molecule has 158 valence electrons. The summed E-state index contributed by atoms with van der Waals surface area (Å²) in [5.74, 6) is -0.923. The number of rotatable bonds is 13. The first kappa shape index (κ1) is 24.1. The Kier molecular flexibility index (Phi) is 11.4. The first-order chi connectivity index (χ1) is 13.3. The fraction of sp³-hybridized carbons (Fsp3) is 0.682. The number of methoxy groups -OCH3 is 1. The normalized spacial score (nSPS) is 21.2. The van der Waals surface area contributed by atoms with E-state index < -0.39 is 11.9 Å². The van der Waals surface area contributed by atoms with E-state index in [0.717, 1.165) is 45.1 Å². The number of carbonyl (C=O) groups excluding carboxylic acids is 2. The van der Waals surface area contributed by atoms with E-state index in [9.17, 15) is 14.4 Å². The lowest BCUT2D eigenvalue weighted by Gasteiger charge is -2.15. The second-order valence-corrected chi connectivity index (χ2v) is 7.58. The van der Waals surface area contributed by atoms with Gasteiger partial charge < -0.3 is 14.6 Å². The summed E-state index contributed by atoms with van der Waals surface area (Å²) in [5.41, 5.74) is 0. The van der Waals surface area contributed by atoms with Gasteiger partial charge in [0.25, 0.3) is 0 Å². The fourth-order valence-corrected chi connectivity index (χ4v) is 3.53. The smallest absolute Gasteiger partial charge is 0.371 e. The number of carboxylic acids is 1. The van der Waals surface area contributed by atoms with E-state index in [-0.39, 0.29) is 11.7 Å². The number of carboxylic acid groups (broad SMARTS) is 1. The molecule has 0 aromatic rings. The van der Waals surface area contributed by atoms with Crippen LogP contribution in [0.4, 0.5) is 0 Å². The second-order valence-electron chi connectivity index (χ2n) is 7.58. The van der Waals surface area contributed by atoms with E-state index in [2.05, 4.69) is 23.8 Å². The lowest BCUT2D eigenvalue weighted by molar-refractivity contribution is -0.146. The van der Waals surface area contributed by atoms with Crippen LogP contribution in [-0.4, -0.2) is 36.5 Å². The van der Waals surface area contributed by atoms with Crippen molar-refractivity contribution in [3.05, 3.63) is 24.0 Å². The molecule has 0 radical (unpaired) electrons. The topological polar surface area (TPSA) is 89.9 Å². The average Bonchev–Trinajstić information content (AvgIpc) is 2.98. The van der Waals surface area contributed by atoms with Gasteiger partial charge in [0.1, 0.15) is 5.78 Å². The Labute approximate surface area is 168 Å². The van der Waals surface area contributed by atoms with Crippen LogP contribution in [0.15, 0.2) is 24.0 Å². The molecule has 1 aliphatic carbocycles. The minimum absolute atomic E-state index is 0.0712. The highest BCUT2D eigenvalue weighted by Crippen LogP contribution is 2.34. The summed E-state index contributed by atoms with van der Waals surface area (Å²) in [7, 11) is 1.71. The van der Waals surface area contributed by atoms with Crippen molar-refractivity contribution < 1.29 is 29.0 Å². The number of hydrogen-bond acceptors (Lipinski definition) is 5. The summed E-state index contributed by atoms with van der Waals surface area (Å²) in [6, 6.07) is 0. The van der Waals surface area contributed by atoms with E-state index in [1.54, 1.807) is 7.11 Å². The van der Waals surface area contributed by atoms with Crippen LogP contribution in [0, 0.1) is 17.8 Å². The number of unbranched alkanes of at least 4 members (excludes halogenated alkanes) is 2. The van der Waals surface area contributed by atoms with Crippen molar-refractivity contribution in [2.45, 2.75) is 65.2 Å². The number of ether oxygens (including phenoxy) is 2. The van der Waals surface area contributed by atoms with E-state index in [1.165, 1.54) is 13.0 Å². The molecule has 6 heteroatoms. The van der Waals surface area contributed by atoms with Gasteiger partial charge in [-0.25, -0.2) is 4.79 Å². The number of ketones is 1. The number of esters is 1. The molecule has 28 heavy (non-hydrogen) atoms. The number of Topliss-reactive ketones (excluding diaryl/α,β-unsaturated/α-hetero) is 1. The monoisotopic (exact) mass is 394 g/mol. The summed E-state index contributed by atoms with van der Waals surface area (Å²) in [4.78, 5) is 34.1. The predicted octanol–water partition coefficient (Wildman–Crippen LogP) is 4.29. The average molecular weight is 395 g/mol. The van der Waals surface area contributed by atoms with Crippen LogP contribution in [0.25, 0.3) is 0 Å². The third-order valence-corrected chi connectivity index (χ3v) is 5.15. The molecular weight excluding hydrogens is 360 g/mol. The summed E-state index contributed by atoms with van der Waals surface area (Å²) in [6.07, 6.45) is 12.4. The SMILES string of the molecule is COCCC(C)C/C=C/[C@H]1CCC(=O)[C@@H]1CCCC/C=C(\OC(C)=O)C(=O)O. The molecule has 0 bridgehead atoms. The Morgan fingerprint density at radius 1 is 1.32 bits per heavy atom. The minimum Gasteiger partial charge on any atom is -0.475 e. The van der Waals surface area contributed by atoms with Gasteiger partial charge in [-0.2, -0.15) is 0 Å². The molecule has 1 rings (SSSR count). The highest BCUT2D eigenvalue weighted by molar-refractivity contribution is 5.87. The van der Waals surface area contributed by atoms with Crippen molar-refractivity contribution >= 4 is 17.7 Å². The highest BCUT2D eigenvalue weighted by Gasteiger charge is 2.32. The van der Waals surface area contributed by atoms with E-state index in [0.29, 0.717) is 30.5 Å². The number of carbonyl (C=O) groups is 3. The van der Waals surface area contributed by atoms with Crippen LogP contribution < -0.4 is 0 Å². The molecule has 0 heterocycles. The van der Waals surface area contributed by atoms with Gasteiger partial charge in [-0.05, 0) is 56.4 Å². The lowest BCUT2D eigenvalue weighted by Crippen LogP contribution is -2.13. The van der Waals surface area contributed by atoms with Gasteiger partial charge in [0.15, 0.2) is 0 Å². The highest BCUT2D eigenvalue weighted by atomic mass is 16.6. The summed E-state index contributed by atoms with van der Waals surface area (Å²) in [5, 5.41) is 8.99. The van der Waals surface area contributed by atoms with Gasteiger partial charge in [-0.15, -0.1) is 0 Å². The van der Waals surface area contributed by atoms with Gasteiger partial charge in [-0.1, -0.05) is 25.5 Å². The summed E-state index contributed by atoms with van der Waals surface area (Å²) in [6.45, 7) is 4.15. The molecule has 3 atom stereocenters. The minimum atomic E-state index is -1.24. The van der Waals surface area contributed by atoms with Gasteiger partial charge in [0, 0.05) is 33.0 Å². The van der Waals surface area contributed by atoms with Gasteiger partial charge in [0.2, 0.25) is 5.76 Å². The maximum Gasteiger partial charge on any atom is 0.371 e. The zero-order valence-corrected chi connectivity index (χ0v) is 17.3. The van der Waals surface area contributed by atoms with Crippen molar-refractivity contribution in [2.75, 3.05) is 13.7 Å². The fourth-order valence-electron chi connectivity index (χ4n) is 3.53. The van der Waals surface area contributed by atoms with Gasteiger partial charge in [0.05, 0.1) is 0 Å². The van der Waals surface area contributed by atoms with Crippen LogP contribution in [0.5, 0.6) is 0 Å². The Balaban J connectivity index is 2.41. The van der Waals surface area contributed by atoms with Gasteiger partial charge >= 0.3 is 11.9 Å². The lowest BCUT2D eigenvalue weighted by atomic mass is 9.89. The van der Waals surface area contributed by atoms with Crippen molar-refractivity contribution in [1.29, 1.82) is 0 Å². The van der Waals surface area contributed by atoms with Crippen molar-refractivity contribution in [1.82, 2.24) is 0 Å². The molecule has 0 aliphatic heterocycles. The number of hydrogen-bond donors (Lipinski definition) is 1.